The normalized spacial score (nSPS) is 28.7. The van der Waals surface area contributed by atoms with Crippen LogP contribution in [0.1, 0.15) is 45.0 Å². The fourth-order valence-electron chi connectivity index (χ4n) is 5.03. The number of aryl methyl sites for hydroxylation is 1. The van der Waals surface area contributed by atoms with Gasteiger partial charge in [-0.15, -0.1) is 10.2 Å². The van der Waals surface area contributed by atoms with Crippen LogP contribution in [0, 0.1) is 9.49 Å². The summed E-state index contributed by atoms with van der Waals surface area (Å²) >= 11 is 14.9. The average molecular weight is 564 g/mol. The average Bonchev–Trinajstić information content (AvgIpc) is 3.30. The zero-order valence-corrected chi connectivity index (χ0v) is 20.2. The van der Waals surface area contributed by atoms with Crippen LogP contribution in [0.5, 0.6) is 0 Å². The Balaban J connectivity index is 1.65. The van der Waals surface area contributed by atoms with E-state index in [0.717, 1.165) is 18.7 Å². The molecule has 0 bridgehead atoms. The lowest BCUT2D eigenvalue weighted by Crippen LogP contribution is -2.43. The lowest BCUT2D eigenvalue weighted by molar-refractivity contribution is -0.211. The summed E-state index contributed by atoms with van der Waals surface area (Å²) in [6, 6.07) is -0.126. The number of aromatic nitrogens is 7. The van der Waals surface area contributed by atoms with E-state index in [1.54, 1.807) is 27.2 Å². The topological polar surface area (TPSA) is 104 Å². The molecule has 3 heterocycles. The molecule has 30 heavy (non-hydrogen) atoms. The highest BCUT2D eigenvalue weighted by molar-refractivity contribution is 14.1. The van der Waals surface area contributed by atoms with Gasteiger partial charge in [-0.2, -0.15) is 4.80 Å². The Morgan fingerprint density at radius 3 is 2.73 bits per heavy atom. The zero-order chi connectivity index (χ0) is 21.4. The molecule has 2 saturated carbocycles. The molecule has 0 aliphatic heterocycles. The minimum Gasteiger partial charge on any atom is -0.366 e. The van der Waals surface area contributed by atoms with E-state index in [1.165, 1.54) is 4.80 Å². The largest absolute Gasteiger partial charge is 0.366 e. The van der Waals surface area contributed by atoms with Crippen molar-refractivity contribution in [3.8, 4) is 0 Å². The van der Waals surface area contributed by atoms with Gasteiger partial charge in [0.15, 0.2) is 17.3 Å². The van der Waals surface area contributed by atoms with Gasteiger partial charge in [0.25, 0.3) is 0 Å². The Morgan fingerprint density at radius 1 is 1.37 bits per heavy atom. The molecule has 0 spiro atoms. The van der Waals surface area contributed by atoms with Gasteiger partial charge in [-0.3, -0.25) is 0 Å². The van der Waals surface area contributed by atoms with E-state index >= 15 is 0 Å². The van der Waals surface area contributed by atoms with Gasteiger partial charge in [-0.05, 0) is 66.8 Å². The van der Waals surface area contributed by atoms with E-state index in [4.69, 9.17) is 27.9 Å². The maximum absolute atomic E-state index is 10.4. The van der Waals surface area contributed by atoms with Gasteiger partial charge < -0.3 is 14.4 Å². The van der Waals surface area contributed by atoms with Crippen LogP contribution < -0.4 is 0 Å². The molecule has 2 aliphatic carbocycles. The second-order valence-electron chi connectivity index (χ2n) is 8.56. The van der Waals surface area contributed by atoms with Crippen LogP contribution >= 0.6 is 45.8 Å². The highest BCUT2D eigenvalue weighted by Crippen LogP contribution is 2.63. The van der Waals surface area contributed by atoms with Gasteiger partial charge in [0, 0.05) is 5.41 Å². The number of ether oxygens (including phenoxy) is 1. The fourth-order valence-corrected chi connectivity index (χ4v) is 5.85. The first kappa shape index (κ1) is 20.8. The van der Waals surface area contributed by atoms with Crippen LogP contribution in [0.4, 0.5) is 0 Å². The summed E-state index contributed by atoms with van der Waals surface area (Å²) in [6.45, 7) is 3.27. The van der Waals surface area contributed by atoms with Crippen LogP contribution in [0.25, 0.3) is 11.2 Å². The molecule has 4 atom stereocenters. The second-order valence-corrected chi connectivity index (χ2v) is 10.4. The standard InChI is InChI=1S/C18H20Cl2IN7O2/c1-17(2,29)30-9-6-18(16-24-26-27(3)25-16)5-4-8(18)13(9)28-7-22-12-10(19)11(21)14(20)23-15(12)28/h7-9,13,29H,4-6H2,1-3H3/t8-,9-,13-,18-/m1/s1. The number of tetrazole rings is 1. The van der Waals surface area contributed by atoms with E-state index < -0.39 is 5.79 Å². The van der Waals surface area contributed by atoms with Crippen molar-refractivity contribution in [2.45, 2.75) is 56.5 Å². The van der Waals surface area contributed by atoms with Gasteiger partial charge in [-0.1, -0.05) is 23.2 Å². The molecule has 160 valence electrons. The molecule has 3 aromatic heterocycles. The first-order chi connectivity index (χ1) is 14.1. The van der Waals surface area contributed by atoms with Crippen LogP contribution in [0.2, 0.25) is 10.2 Å². The quantitative estimate of drug-likeness (QED) is 0.295. The van der Waals surface area contributed by atoms with Crippen molar-refractivity contribution in [1.82, 2.24) is 34.7 Å². The molecule has 2 aliphatic rings. The van der Waals surface area contributed by atoms with Crippen molar-refractivity contribution in [2.24, 2.45) is 13.0 Å². The number of imidazole rings is 1. The molecule has 1 N–H and O–H groups in total. The number of aliphatic hydroxyl groups is 1. The Kier molecular flexibility index (Phi) is 4.83. The number of rotatable bonds is 4. The SMILES string of the molecule is Cn1nnc([C@@]23CC[C@@H]2[C@@H](n2cnc4c(Cl)c(I)c(Cl)nc42)[C@H](OC(C)(C)O)C3)n1. The Hall–Kier alpha value is -1.08. The lowest BCUT2D eigenvalue weighted by Gasteiger charge is -2.44. The van der Waals surface area contributed by atoms with Crippen LogP contribution in [-0.4, -0.2) is 51.7 Å². The van der Waals surface area contributed by atoms with Crippen LogP contribution in [0.3, 0.4) is 0 Å². The summed E-state index contributed by atoms with van der Waals surface area (Å²) in [5.41, 5.74) is 0.943. The van der Waals surface area contributed by atoms with Crippen LogP contribution in [-0.2, 0) is 17.2 Å². The molecule has 0 saturated heterocycles. The van der Waals surface area contributed by atoms with Gasteiger partial charge in [0.05, 0.1) is 34.1 Å². The maximum atomic E-state index is 10.4. The predicted octanol–water partition coefficient (Wildman–Crippen LogP) is 3.27. The molecule has 0 radical (unpaired) electrons. The number of pyridine rings is 1. The molecular formula is C18H20Cl2IN7O2. The van der Waals surface area contributed by atoms with E-state index in [0.29, 0.717) is 31.3 Å². The number of fused-ring (bicyclic) bond motifs is 2. The van der Waals surface area contributed by atoms with Crippen molar-refractivity contribution >= 4 is 57.0 Å². The minimum absolute atomic E-state index is 0.126. The third kappa shape index (κ3) is 3.06. The Labute approximate surface area is 196 Å². The Morgan fingerprint density at radius 2 is 2.13 bits per heavy atom. The highest BCUT2D eigenvalue weighted by Gasteiger charge is 2.63. The number of hydrogen-bond donors (Lipinski definition) is 1. The number of halogens is 3. The highest BCUT2D eigenvalue weighted by atomic mass is 127. The molecule has 0 aromatic carbocycles. The summed E-state index contributed by atoms with van der Waals surface area (Å²) in [4.78, 5) is 10.6. The first-order valence-corrected chi connectivity index (χ1v) is 11.5. The monoisotopic (exact) mass is 563 g/mol. The van der Waals surface area contributed by atoms with Gasteiger partial charge >= 0.3 is 0 Å². The molecule has 12 heteroatoms. The van der Waals surface area contributed by atoms with Crippen molar-refractivity contribution in [2.75, 3.05) is 0 Å². The van der Waals surface area contributed by atoms with Crippen LogP contribution in [0.15, 0.2) is 6.33 Å². The molecule has 0 unspecified atom stereocenters. The lowest BCUT2D eigenvalue weighted by atomic mass is 9.60. The van der Waals surface area contributed by atoms with Gasteiger partial charge in [0.1, 0.15) is 10.7 Å². The minimum atomic E-state index is -1.29. The molecule has 5 rings (SSSR count). The predicted molar refractivity (Wildman–Crippen MR) is 118 cm³/mol. The second kappa shape index (κ2) is 6.96. The molecule has 0 amide bonds. The number of hydrogen-bond acceptors (Lipinski definition) is 7. The Bertz CT molecular complexity index is 1140. The fraction of sp³-hybridized carbons (Fsp3) is 0.611. The summed E-state index contributed by atoms with van der Waals surface area (Å²) in [5, 5.41) is 24.1. The summed E-state index contributed by atoms with van der Waals surface area (Å²) in [5.74, 6) is -0.390. The van der Waals surface area contributed by atoms with Gasteiger partial charge in [0.2, 0.25) is 0 Å². The van der Waals surface area contributed by atoms with E-state index in [-0.39, 0.29) is 23.5 Å². The van der Waals surface area contributed by atoms with Crippen molar-refractivity contribution in [3.63, 3.8) is 0 Å². The maximum Gasteiger partial charge on any atom is 0.181 e. The van der Waals surface area contributed by atoms with E-state index in [2.05, 4.69) is 48.0 Å². The van der Waals surface area contributed by atoms with Crippen molar-refractivity contribution < 1.29 is 9.84 Å². The third-order valence-corrected chi connectivity index (χ3v) is 8.57. The molecular weight excluding hydrogens is 544 g/mol. The van der Waals surface area contributed by atoms with Gasteiger partial charge in [-0.25, -0.2) is 9.97 Å². The summed E-state index contributed by atoms with van der Waals surface area (Å²) < 4.78 is 8.79. The van der Waals surface area contributed by atoms with Crippen molar-refractivity contribution in [1.29, 1.82) is 0 Å². The summed E-state index contributed by atoms with van der Waals surface area (Å²) in [7, 11) is 1.76. The van der Waals surface area contributed by atoms with Crippen molar-refractivity contribution in [3.05, 3.63) is 25.9 Å². The smallest absolute Gasteiger partial charge is 0.181 e. The third-order valence-electron chi connectivity index (χ3n) is 6.24. The molecule has 2 fully saturated rings. The number of nitrogens with zero attached hydrogens (tertiary/aromatic N) is 7. The zero-order valence-electron chi connectivity index (χ0n) is 16.6. The van der Waals surface area contributed by atoms with E-state index in [9.17, 15) is 5.11 Å². The van der Waals surface area contributed by atoms with E-state index in [1.807, 2.05) is 4.57 Å². The summed E-state index contributed by atoms with van der Waals surface area (Å²) in [6.07, 6.45) is 4.02. The molecule has 3 aromatic rings. The first-order valence-electron chi connectivity index (χ1n) is 9.62. The molecule has 9 nitrogen and oxygen atoms in total.